The van der Waals surface area contributed by atoms with Crippen molar-refractivity contribution in [1.29, 1.82) is 0 Å². The third-order valence-electron chi connectivity index (χ3n) is 3.07. The molecule has 0 aliphatic rings. The normalized spacial score (nSPS) is 11.3. The Balaban J connectivity index is 2.55. The van der Waals surface area contributed by atoms with Crippen LogP contribution in [0.3, 0.4) is 0 Å². The van der Waals surface area contributed by atoms with Crippen LogP contribution in [0.1, 0.15) is 27.2 Å². The minimum Gasteiger partial charge on any atom is -0.493 e. The van der Waals surface area contributed by atoms with Gasteiger partial charge in [0.05, 0.1) is 44.5 Å². The van der Waals surface area contributed by atoms with Crippen LogP contribution in [0, 0.1) is 0 Å². The molecule has 0 bridgehead atoms. The predicted molar refractivity (Wildman–Crippen MR) is 97.1 cm³/mol. The second-order valence-corrected chi connectivity index (χ2v) is 7.10. The Labute approximate surface area is 144 Å². The number of benzene rings is 1. The molecular weight excluding hydrogens is 331 g/mol. The highest BCUT2D eigenvalue weighted by atomic mass is 31.2. The summed E-state index contributed by atoms with van der Waals surface area (Å²) < 4.78 is 28.6. The monoisotopic (exact) mass is 360 g/mol. The molecule has 0 amide bonds. The SMILES string of the molecule is CCNc1cc(OCCCP(=O)(OCC)OCC)ccc1NOC. The van der Waals surface area contributed by atoms with E-state index in [9.17, 15) is 4.57 Å². The zero-order chi connectivity index (χ0) is 17.8. The largest absolute Gasteiger partial charge is 0.493 e. The fourth-order valence-electron chi connectivity index (χ4n) is 2.16. The summed E-state index contributed by atoms with van der Waals surface area (Å²) in [6.07, 6.45) is 0.934. The van der Waals surface area contributed by atoms with E-state index < -0.39 is 7.60 Å². The molecule has 0 atom stereocenters. The fourth-order valence-corrected chi connectivity index (χ4v) is 3.79. The molecule has 8 heteroatoms. The molecule has 0 aliphatic heterocycles. The average Bonchev–Trinajstić information content (AvgIpc) is 2.55. The van der Waals surface area contributed by atoms with Gasteiger partial charge in [-0.05, 0) is 39.3 Å². The highest BCUT2D eigenvalue weighted by molar-refractivity contribution is 7.53. The zero-order valence-electron chi connectivity index (χ0n) is 15.0. The van der Waals surface area contributed by atoms with Crippen LogP contribution < -0.4 is 15.5 Å². The van der Waals surface area contributed by atoms with E-state index in [0.29, 0.717) is 32.4 Å². The minimum absolute atomic E-state index is 0.345. The first-order valence-corrected chi connectivity index (χ1v) is 9.99. The van der Waals surface area contributed by atoms with Gasteiger partial charge in [0.2, 0.25) is 0 Å². The van der Waals surface area contributed by atoms with E-state index in [2.05, 4.69) is 10.8 Å². The molecule has 0 spiro atoms. The molecule has 0 unspecified atom stereocenters. The van der Waals surface area contributed by atoms with Crippen LogP contribution >= 0.6 is 7.60 Å². The standard InChI is InChI=1S/C16H29N2O5P/c1-5-17-16-13-14(9-10-15(16)18-20-4)21-11-8-12-24(19,22-6-2)23-7-3/h9-10,13,17-18H,5-8,11-12H2,1-4H3. The molecule has 1 aromatic carbocycles. The summed E-state index contributed by atoms with van der Waals surface area (Å²) in [6.45, 7) is 7.60. The van der Waals surface area contributed by atoms with Crippen LogP contribution in [0.2, 0.25) is 0 Å². The van der Waals surface area contributed by atoms with Gasteiger partial charge in [-0.1, -0.05) is 0 Å². The minimum atomic E-state index is -3.00. The Bertz CT molecular complexity index is 517. The Morgan fingerprint density at radius 2 is 1.79 bits per heavy atom. The van der Waals surface area contributed by atoms with Gasteiger partial charge in [-0.15, -0.1) is 0 Å². The number of rotatable bonds is 13. The van der Waals surface area contributed by atoms with Crippen molar-refractivity contribution in [3.05, 3.63) is 18.2 Å². The van der Waals surface area contributed by atoms with Gasteiger partial charge in [0, 0.05) is 12.6 Å². The first kappa shape index (κ1) is 20.8. The van der Waals surface area contributed by atoms with E-state index in [0.717, 1.165) is 23.7 Å². The first-order valence-electron chi connectivity index (χ1n) is 8.26. The van der Waals surface area contributed by atoms with Crippen LogP contribution in [-0.2, 0) is 18.5 Å². The summed E-state index contributed by atoms with van der Waals surface area (Å²) in [5, 5.41) is 3.24. The Hall–Kier alpha value is -1.27. The van der Waals surface area contributed by atoms with Crippen LogP contribution in [0.4, 0.5) is 11.4 Å². The van der Waals surface area contributed by atoms with Crippen molar-refractivity contribution in [3.63, 3.8) is 0 Å². The van der Waals surface area contributed by atoms with Crippen molar-refractivity contribution in [1.82, 2.24) is 0 Å². The highest BCUT2D eigenvalue weighted by Crippen LogP contribution is 2.48. The van der Waals surface area contributed by atoms with Gasteiger partial charge in [-0.25, -0.2) is 0 Å². The van der Waals surface area contributed by atoms with E-state index >= 15 is 0 Å². The lowest BCUT2D eigenvalue weighted by atomic mass is 10.2. The molecule has 0 fully saturated rings. The molecule has 1 aromatic rings. The van der Waals surface area contributed by atoms with Gasteiger partial charge in [0.1, 0.15) is 5.75 Å². The Kier molecular flexibility index (Phi) is 9.79. The maximum absolute atomic E-state index is 12.3. The lowest BCUT2D eigenvalue weighted by Gasteiger charge is -2.17. The fraction of sp³-hybridized carbons (Fsp3) is 0.625. The van der Waals surface area contributed by atoms with Gasteiger partial charge in [0.25, 0.3) is 0 Å². The van der Waals surface area contributed by atoms with Crippen LogP contribution in [0.15, 0.2) is 18.2 Å². The summed E-state index contributed by atoms with van der Waals surface area (Å²) in [5.74, 6) is 0.732. The summed E-state index contributed by atoms with van der Waals surface area (Å²) in [6, 6.07) is 5.63. The Morgan fingerprint density at radius 3 is 2.38 bits per heavy atom. The second kappa shape index (κ2) is 11.3. The summed E-state index contributed by atoms with van der Waals surface area (Å²) in [5.41, 5.74) is 4.55. The summed E-state index contributed by atoms with van der Waals surface area (Å²) >= 11 is 0. The lowest BCUT2D eigenvalue weighted by Crippen LogP contribution is -2.06. The number of nitrogens with one attached hydrogen (secondary N) is 2. The molecule has 0 radical (unpaired) electrons. The van der Waals surface area contributed by atoms with Gasteiger partial charge < -0.3 is 19.1 Å². The zero-order valence-corrected chi connectivity index (χ0v) is 15.9. The molecule has 138 valence electrons. The van der Waals surface area contributed by atoms with Crippen molar-refractivity contribution >= 4 is 19.0 Å². The van der Waals surface area contributed by atoms with E-state index in [-0.39, 0.29) is 0 Å². The number of ether oxygens (including phenoxy) is 1. The van der Waals surface area contributed by atoms with Gasteiger partial charge in [-0.2, -0.15) is 0 Å². The van der Waals surface area contributed by atoms with Crippen molar-refractivity contribution < 1.29 is 23.2 Å². The topological polar surface area (TPSA) is 78.1 Å². The van der Waals surface area contributed by atoms with Crippen LogP contribution in [0.25, 0.3) is 0 Å². The first-order chi connectivity index (χ1) is 11.6. The smallest absolute Gasteiger partial charge is 0.330 e. The third kappa shape index (κ3) is 7.09. The molecule has 2 N–H and O–H groups in total. The van der Waals surface area contributed by atoms with Gasteiger partial charge in [0.15, 0.2) is 0 Å². The number of anilines is 2. The third-order valence-corrected chi connectivity index (χ3v) is 5.23. The Morgan fingerprint density at radius 1 is 1.08 bits per heavy atom. The van der Waals surface area contributed by atoms with E-state index in [4.69, 9.17) is 18.6 Å². The molecule has 1 rings (SSSR count). The summed E-state index contributed by atoms with van der Waals surface area (Å²) in [4.78, 5) is 4.95. The molecular formula is C16H29N2O5P. The van der Waals surface area contributed by atoms with E-state index in [1.165, 1.54) is 0 Å². The molecule has 7 nitrogen and oxygen atoms in total. The van der Waals surface area contributed by atoms with Crippen LogP contribution in [0.5, 0.6) is 5.75 Å². The molecule has 0 heterocycles. The van der Waals surface area contributed by atoms with Crippen LogP contribution in [-0.4, -0.2) is 39.6 Å². The van der Waals surface area contributed by atoms with Crippen molar-refractivity contribution in [3.8, 4) is 5.75 Å². The van der Waals surface area contributed by atoms with Crippen molar-refractivity contribution in [2.75, 3.05) is 50.4 Å². The van der Waals surface area contributed by atoms with Gasteiger partial charge >= 0.3 is 7.60 Å². The van der Waals surface area contributed by atoms with Gasteiger partial charge in [-0.3, -0.25) is 14.9 Å². The maximum Gasteiger partial charge on any atom is 0.330 e. The second-order valence-electron chi connectivity index (χ2n) is 4.92. The number of hydrogen-bond donors (Lipinski definition) is 2. The van der Waals surface area contributed by atoms with E-state index in [1.807, 2.05) is 25.1 Å². The van der Waals surface area contributed by atoms with Crippen molar-refractivity contribution in [2.45, 2.75) is 27.2 Å². The number of hydrogen-bond acceptors (Lipinski definition) is 7. The summed E-state index contributed by atoms with van der Waals surface area (Å²) in [7, 11) is -1.43. The highest BCUT2D eigenvalue weighted by Gasteiger charge is 2.22. The quantitative estimate of drug-likeness (QED) is 0.311. The maximum atomic E-state index is 12.3. The van der Waals surface area contributed by atoms with E-state index in [1.54, 1.807) is 21.0 Å². The predicted octanol–water partition coefficient (Wildman–Crippen LogP) is 4.13. The van der Waals surface area contributed by atoms with Crippen molar-refractivity contribution in [2.24, 2.45) is 0 Å². The molecule has 0 aromatic heterocycles. The molecule has 24 heavy (non-hydrogen) atoms. The lowest BCUT2D eigenvalue weighted by molar-refractivity contribution is 0.216. The molecule has 0 saturated carbocycles. The molecule has 0 aliphatic carbocycles. The average molecular weight is 360 g/mol. The molecule has 0 saturated heterocycles.